The molecule has 0 amide bonds. The van der Waals surface area contributed by atoms with Gasteiger partial charge in [-0.05, 0) is 19.5 Å². The van der Waals surface area contributed by atoms with E-state index in [0.717, 1.165) is 0 Å². The first-order valence-corrected chi connectivity index (χ1v) is 4.88. The molecule has 1 heterocycles. The Hall–Kier alpha value is -0.120. The predicted molar refractivity (Wildman–Crippen MR) is 52.0 cm³/mol. The smallest absolute Gasteiger partial charge is 0.0261 e. The highest BCUT2D eigenvalue weighted by Crippen LogP contribution is 2.02. The van der Waals surface area contributed by atoms with Crippen molar-refractivity contribution in [3.05, 3.63) is 0 Å². The van der Waals surface area contributed by atoms with Crippen LogP contribution in [-0.4, -0.2) is 61.7 Å². The average molecular weight is 171 g/mol. The molecule has 12 heavy (non-hydrogen) atoms. The fourth-order valence-electron chi connectivity index (χ4n) is 1.67. The molecule has 0 bridgehead atoms. The van der Waals surface area contributed by atoms with Crippen LogP contribution in [0.1, 0.15) is 13.3 Å². The molecule has 0 aromatic rings. The summed E-state index contributed by atoms with van der Waals surface area (Å²) in [6.07, 6.45) is 1.30. The summed E-state index contributed by atoms with van der Waals surface area (Å²) in [6, 6.07) is 0. The van der Waals surface area contributed by atoms with Crippen LogP contribution in [0.15, 0.2) is 0 Å². The Labute approximate surface area is 75.9 Å². The molecule has 1 aliphatic heterocycles. The second-order valence-corrected chi connectivity index (χ2v) is 3.59. The van der Waals surface area contributed by atoms with E-state index in [1.807, 2.05) is 0 Å². The molecule has 0 atom stereocenters. The molecule has 72 valence electrons. The van der Waals surface area contributed by atoms with Crippen LogP contribution in [0.3, 0.4) is 0 Å². The summed E-state index contributed by atoms with van der Waals surface area (Å²) in [4.78, 5) is 2.52. The van der Waals surface area contributed by atoms with Gasteiger partial charge in [-0.1, -0.05) is 6.92 Å². The number of rotatable bonds is 2. The average Bonchev–Trinajstić information content (AvgIpc) is 2.28. The Morgan fingerprint density at radius 2 is 1.83 bits per heavy atom. The summed E-state index contributed by atoms with van der Waals surface area (Å²) in [6.45, 7) is 8.31. The fourth-order valence-corrected chi connectivity index (χ4v) is 1.67. The maximum atomic E-state index is 2.52. The summed E-state index contributed by atoms with van der Waals surface area (Å²) in [5, 5.41) is 4.62. The second-order valence-electron chi connectivity index (χ2n) is 3.59. The summed E-state index contributed by atoms with van der Waals surface area (Å²) in [7, 11) is 4.25. The molecule has 0 unspecified atom stereocenters. The van der Waals surface area contributed by atoms with Gasteiger partial charge in [-0.3, -0.25) is 0 Å². The lowest BCUT2D eigenvalue weighted by atomic mass is 10.4. The topological polar surface area (TPSA) is 9.72 Å². The number of hydrogen-bond acceptors (Lipinski definition) is 3. The van der Waals surface area contributed by atoms with Gasteiger partial charge in [0, 0.05) is 33.7 Å². The van der Waals surface area contributed by atoms with Crippen LogP contribution >= 0.6 is 0 Å². The summed E-state index contributed by atoms with van der Waals surface area (Å²) in [5.41, 5.74) is 0. The third kappa shape index (κ3) is 2.73. The zero-order valence-electron chi connectivity index (χ0n) is 8.58. The van der Waals surface area contributed by atoms with E-state index in [1.165, 1.54) is 39.1 Å². The van der Waals surface area contributed by atoms with Gasteiger partial charge in [-0.25, -0.2) is 10.0 Å². The van der Waals surface area contributed by atoms with E-state index in [0.29, 0.717) is 0 Å². The van der Waals surface area contributed by atoms with Crippen LogP contribution in [0, 0.1) is 0 Å². The Kier molecular flexibility index (Phi) is 3.98. The summed E-state index contributed by atoms with van der Waals surface area (Å²) >= 11 is 0. The van der Waals surface area contributed by atoms with Gasteiger partial charge in [0.25, 0.3) is 0 Å². The SMILES string of the molecule is CCN1CCCN(N(C)C)CC1. The molecule has 3 heteroatoms. The van der Waals surface area contributed by atoms with Crippen LogP contribution in [0.4, 0.5) is 0 Å². The third-order valence-electron chi connectivity index (χ3n) is 2.58. The van der Waals surface area contributed by atoms with E-state index in [9.17, 15) is 0 Å². The first-order chi connectivity index (χ1) is 5.74. The van der Waals surface area contributed by atoms with Crippen molar-refractivity contribution in [2.45, 2.75) is 13.3 Å². The highest BCUT2D eigenvalue weighted by molar-refractivity contribution is 4.65. The Bertz CT molecular complexity index is 125. The Balaban J connectivity index is 2.34. The molecule has 0 aliphatic carbocycles. The van der Waals surface area contributed by atoms with Crippen LogP contribution < -0.4 is 0 Å². The zero-order chi connectivity index (χ0) is 8.97. The maximum Gasteiger partial charge on any atom is 0.0261 e. The Morgan fingerprint density at radius 3 is 2.42 bits per heavy atom. The molecular weight excluding hydrogens is 150 g/mol. The summed E-state index contributed by atoms with van der Waals surface area (Å²) in [5.74, 6) is 0. The van der Waals surface area contributed by atoms with Crippen LogP contribution in [0.2, 0.25) is 0 Å². The molecule has 1 rings (SSSR count). The zero-order valence-corrected chi connectivity index (χ0v) is 8.58. The normalized spacial score (nSPS) is 23.0. The van der Waals surface area contributed by atoms with E-state index in [1.54, 1.807) is 0 Å². The first-order valence-electron chi connectivity index (χ1n) is 4.88. The van der Waals surface area contributed by atoms with Crippen molar-refractivity contribution >= 4 is 0 Å². The lowest BCUT2D eigenvalue weighted by Crippen LogP contribution is -2.39. The minimum absolute atomic E-state index is 1.18. The largest absolute Gasteiger partial charge is 0.302 e. The third-order valence-corrected chi connectivity index (χ3v) is 2.58. The minimum atomic E-state index is 1.18. The molecule has 1 aliphatic rings. The molecule has 1 saturated heterocycles. The van der Waals surface area contributed by atoms with Crippen LogP contribution in [0.5, 0.6) is 0 Å². The van der Waals surface area contributed by atoms with Crippen molar-refractivity contribution in [2.24, 2.45) is 0 Å². The first kappa shape index (κ1) is 9.96. The van der Waals surface area contributed by atoms with Gasteiger partial charge < -0.3 is 4.90 Å². The lowest BCUT2D eigenvalue weighted by Gasteiger charge is -2.27. The standard InChI is InChI=1S/C9H21N3/c1-4-11-6-5-7-12(9-8-11)10(2)3/h4-9H2,1-3H3. The number of hydrogen-bond donors (Lipinski definition) is 0. The lowest BCUT2D eigenvalue weighted by molar-refractivity contribution is 0.0299. The van der Waals surface area contributed by atoms with Crippen LogP contribution in [-0.2, 0) is 0 Å². The molecule has 0 saturated carbocycles. The molecule has 0 N–H and O–H groups in total. The maximum absolute atomic E-state index is 2.52. The number of nitrogens with zero attached hydrogens (tertiary/aromatic N) is 3. The van der Waals surface area contributed by atoms with Gasteiger partial charge >= 0.3 is 0 Å². The highest BCUT2D eigenvalue weighted by atomic mass is 15.6. The number of hydrazine groups is 1. The number of likely N-dealkylation sites (N-methyl/N-ethyl adjacent to an activating group) is 1. The quantitative estimate of drug-likeness (QED) is 0.599. The molecule has 0 radical (unpaired) electrons. The van der Waals surface area contributed by atoms with Crippen molar-refractivity contribution in [3.63, 3.8) is 0 Å². The fraction of sp³-hybridized carbons (Fsp3) is 1.00. The van der Waals surface area contributed by atoms with E-state index < -0.39 is 0 Å². The highest BCUT2D eigenvalue weighted by Gasteiger charge is 2.13. The monoisotopic (exact) mass is 171 g/mol. The van der Waals surface area contributed by atoms with E-state index in [2.05, 4.69) is 35.9 Å². The van der Waals surface area contributed by atoms with E-state index in [-0.39, 0.29) is 0 Å². The van der Waals surface area contributed by atoms with Crippen molar-refractivity contribution < 1.29 is 0 Å². The second kappa shape index (κ2) is 4.80. The van der Waals surface area contributed by atoms with Gasteiger partial charge in [-0.15, -0.1) is 0 Å². The van der Waals surface area contributed by atoms with Crippen LogP contribution in [0.25, 0.3) is 0 Å². The molecule has 0 aromatic heterocycles. The van der Waals surface area contributed by atoms with Gasteiger partial charge in [0.1, 0.15) is 0 Å². The molecule has 1 fully saturated rings. The summed E-state index contributed by atoms with van der Waals surface area (Å²) < 4.78 is 0. The van der Waals surface area contributed by atoms with Crippen molar-refractivity contribution in [2.75, 3.05) is 46.8 Å². The van der Waals surface area contributed by atoms with Gasteiger partial charge in [0.2, 0.25) is 0 Å². The Morgan fingerprint density at radius 1 is 1.08 bits per heavy atom. The van der Waals surface area contributed by atoms with Crippen molar-refractivity contribution in [1.29, 1.82) is 0 Å². The van der Waals surface area contributed by atoms with Gasteiger partial charge in [0.05, 0.1) is 0 Å². The minimum Gasteiger partial charge on any atom is -0.302 e. The molecule has 3 nitrogen and oxygen atoms in total. The van der Waals surface area contributed by atoms with E-state index in [4.69, 9.17) is 0 Å². The van der Waals surface area contributed by atoms with Gasteiger partial charge in [-0.2, -0.15) is 0 Å². The molecule has 0 aromatic carbocycles. The van der Waals surface area contributed by atoms with Gasteiger partial charge in [0.15, 0.2) is 0 Å². The van der Waals surface area contributed by atoms with Crippen molar-refractivity contribution in [3.8, 4) is 0 Å². The van der Waals surface area contributed by atoms with Crippen molar-refractivity contribution in [1.82, 2.24) is 14.9 Å². The van der Waals surface area contributed by atoms with E-state index >= 15 is 0 Å². The predicted octanol–water partition coefficient (Wildman–Crippen LogP) is 0.491. The molecular formula is C9H21N3. The molecule has 0 spiro atoms.